The van der Waals surface area contributed by atoms with E-state index in [0.29, 0.717) is 6.54 Å². The van der Waals surface area contributed by atoms with Crippen LogP contribution in [0.2, 0.25) is 0 Å². The molecule has 0 aromatic heterocycles. The number of alkyl halides is 3. The molecule has 0 aliphatic carbocycles. The first kappa shape index (κ1) is 16.8. The van der Waals surface area contributed by atoms with Crippen molar-refractivity contribution in [2.24, 2.45) is 0 Å². The van der Waals surface area contributed by atoms with Gasteiger partial charge in [0.2, 0.25) is 0 Å². The largest absolute Gasteiger partial charge is 0.573 e. The molecule has 0 amide bonds. The Morgan fingerprint density at radius 3 is 2.35 bits per heavy atom. The molecule has 20 heavy (non-hydrogen) atoms. The van der Waals surface area contributed by atoms with E-state index in [4.69, 9.17) is 0 Å². The molecular formula is C14H21F3N2O. The fourth-order valence-electron chi connectivity index (χ4n) is 1.76. The van der Waals surface area contributed by atoms with Crippen LogP contribution in [0, 0.1) is 0 Å². The van der Waals surface area contributed by atoms with Gasteiger partial charge in [-0.1, -0.05) is 19.1 Å². The molecule has 3 nitrogen and oxygen atoms in total. The summed E-state index contributed by atoms with van der Waals surface area (Å²) in [5.74, 6) is -0.187. The van der Waals surface area contributed by atoms with Crippen molar-refractivity contribution in [3.63, 3.8) is 0 Å². The highest BCUT2D eigenvalue weighted by atomic mass is 19.4. The van der Waals surface area contributed by atoms with E-state index in [1.165, 1.54) is 12.1 Å². The van der Waals surface area contributed by atoms with E-state index >= 15 is 0 Å². The number of nitrogens with one attached hydrogen (secondary N) is 1. The van der Waals surface area contributed by atoms with E-state index in [0.717, 1.165) is 31.6 Å². The first-order valence-corrected chi connectivity index (χ1v) is 6.64. The lowest BCUT2D eigenvalue weighted by atomic mass is 10.2. The van der Waals surface area contributed by atoms with Crippen molar-refractivity contribution in [3.05, 3.63) is 29.8 Å². The van der Waals surface area contributed by atoms with E-state index in [1.54, 1.807) is 12.1 Å². The van der Waals surface area contributed by atoms with Crippen LogP contribution in [0.5, 0.6) is 5.75 Å². The molecule has 1 aromatic carbocycles. The number of ether oxygens (including phenoxy) is 1. The quantitative estimate of drug-likeness (QED) is 0.745. The van der Waals surface area contributed by atoms with Crippen molar-refractivity contribution in [1.29, 1.82) is 0 Å². The molecule has 0 heterocycles. The van der Waals surface area contributed by atoms with Crippen LogP contribution in [-0.4, -0.2) is 37.9 Å². The third-order valence-corrected chi connectivity index (χ3v) is 2.71. The second-order valence-corrected chi connectivity index (χ2v) is 4.68. The fraction of sp³-hybridized carbons (Fsp3) is 0.571. The number of rotatable bonds is 8. The van der Waals surface area contributed by atoms with Gasteiger partial charge in [-0.05, 0) is 37.7 Å². The van der Waals surface area contributed by atoms with Gasteiger partial charge in [-0.25, -0.2) is 0 Å². The lowest BCUT2D eigenvalue weighted by Gasteiger charge is -2.17. The van der Waals surface area contributed by atoms with E-state index in [1.807, 2.05) is 7.05 Å². The van der Waals surface area contributed by atoms with Crippen LogP contribution in [0.25, 0.3) is 0 Å². The topological polar surface area (TPSA) is 24.5 Å². The zero-order chi connectivity index (χ0) is 15.0. The van der Waals surface area contributed by atoms with E-state index in [-0.39, 0.29) is 5.75 Å². The predicted octanol–water partition coefficient (Wildman–Crippen LogP) is 3.02. The number of hydrogen-bond donors (Lipinski definition) is 1. The van der Waals surface area contributed by atoms with Gasteiger partial charge < -0.3 is 15.0 Å². The minimum absolute atomic E-state index is 0.187. The van der Waals surface area contributed by atoms with Crippen molar-refractivity contribution in [2.45, 2.75) is 26.3 Å². The van der Waals surface area contributed by atoms with Crippen molar-refractivity contribution in [3.8, 4) is 5.75 Å². The average molecular weight is 290 g/mol. The molecule has 0 unspecified atom stereocenters. The Kier molecular flexibility index (Phi) is 6.81. The highest BCUT2D eigenvalue weighted by Gasteiger charge is 2.30. The zero-order valence-electron chi connectivity index (χ0n) is 11.8. The Morgan fingerprint density at radius 1 is 1.15 bits per heavy atom. The third-order valence-electron chi connectivity index (χ3n) is 2.71. The molecule has 0 fully saturated rings. The summed E-state index contributed by atoms with van der Waals surface area (Å²) in [5, 5.41) is 3.30. The highest BCUT2D eigenvalue weighted by molar-refractivity contribution is 5.27. The lowest BCUT2D eigenvalue weighted by Crippen LogP contribution is -2.29. The molecule has 0 spiro atoms. The van der Waals surface area contributed by atoms with Crippen LogP contribution >= 0.6 is 0 Å². The summed E-state index contributed by atoms with van der Waals surface area (Å²) in [6.07, 6.45) is -3.53. The summed E-state index contributed by atoms with van der Waals surface area (Å²) in [4.78, 5) is 2.11. The van der Waals surface area contributed by atoms with Gasteiger partial charge in [-0.15, -0.1) is 13.2 Å². The van der Waals surface area contributed by atoms with Crippen LogP contribution in [0.1, 0.15) is 18.9 Å². The molecule has 0 aliphatic heterocycles. The predicted molar refractivity (Wildman–Crippen MR) is 72.6 cm³/mol. The Balaban J connectivity index is 2.37. The molecule has 1 N–H and O–H groups in total. The molecule has 0 saturated heterocycles. The van der Waals surface area contributed by atoms with Gasteiger partial charge >= 0.3 is 6.36 Å². The van der Waals surface area contributed by atoms with Gasteiger partial charge in [-0.3, -0.25) is 0 Å². The van der Waals surface area contributed by atoms with E-state index in [2.05, 4.69) is 21.9 Å². The van der Waals surface area contributed by atoms with Gasteiger partial charge in [0.1, 0.15) is 5.75 Å². The van der Waals surface area contributed by atoms with E-state index in [9.17, 15) is 13.2 Å². The summed E-state index contributed by atoms with van der Waals surface area (Å²) in [6.45, 7) is 5.60. The second-order valence-electron chi connectivity index (χ2n) is 4.68. The number of nitrogens with zero attached hydrogens (tertiary/aromatic N) is 1. The third kappa shape index (κ3) is 7.35. The fourth-order valence-corrected chi connectivity index (χ4v) is 1.76. The lowest BCUT2D eigenvalue weighted by molar-refractivity contribution is -0.274. The van der Waals surface area contributed by atoms with Crippen molar-refractivity contribution in [1.82, 2.24) is 10.2 Å². The highest BCUT2D eigenvalue weighted by Crippen LogP contribution is 2.22. The number of halogens is 3. The van der Waals surface area contributed by atoms with Gasteiger partial charge in [0.05, 0.1) is 0 Å². The van der Waals surface area contributed by atoms with Crippen molar-refractivity contribution in [2.75, 3.05) is 26.7 Å². The molecule has 0 radical (unpaired) electrons. The summed E-state index contributed by atoms with van der Waals surface area (Å²) in [5.41, 5.74) is 0.956. The Bertz CT molecular complexity index is 379. The Hall–Kier alpha value is -1.27. The number of hydrogen-bond acceptors (Lipinski definition) is 3. The monoisotopic (exact) mass is 290 g/mol. The molecule has 6 heteroatoms. The Labute approximate surface area is 117 Å². The average Bonchev–Trinajstić information content (AvgIpc) is 2.35. The van der Waals surface area contributed by atoms with Gasteiger partial charge in [0.25, 0.3) is 0 Å². The van der Waals surface area contributed by atoms with Crippen molar-refractivity contribution < 1.29 is 17.9 Å². The van der Waals surface area contributed by atoms with Gasteiger partial charge in [0, 0.05) is 19.6 Å². The number of benzene rings is 1. The maximum atomic E-state index is 12.0. The standard InChI is InChI=1S/C14H21F3N2O/c1-3-8-18-9-10-19(2)11-12-4-6-13(7-5-12)20-14(15,16)17/h4-7,18H,3,8-11H2,1-2H3. The zero-order valence-corrected chi connectivity index (χ0v) is 11.8. The summed E-state index contributed by atoms with van der Waals surface area (Å²) >= 11 is 0. The minimum Gasteiger partial charge on any atom is -0.406 e. The van der Waals surface area contributed by atoms with Crippen LogP contribution in [0.4, 0.5) is 13.2 Å². The minimum atomic E-state index is -4.64. The molecule has 0 saturated carbocycles. The summed E-state index contributed by atoms with van der Waals surface area (Å²) in [7, 11) is 1.98. The molecule has 114 valence electrons. The van der Waals surface area contributed by atoms with Crippen LogP contribution in [0.15, 0.2) is 24.3 Å². The number of likely N-dealkylation sites (N-methyl/N-ethyl adjacent to an activating group) is 1. The molecule has 0 atom stereocenters. The maximum absolute atomic E-state index is 12.0. The molecular weight excluding hydrogens is 269 g/mol. The Morgan fingerprint density at radius 2 is 1.80 bits per heavy atom. The normalized spacial score (nSPS) is 11.9. The first-order chi connectivity index (χ1) is 9.40. The smallest absolute Gasteiger partial charge is 0.406 e. The second kappa shape index (κ2) is 8.11. The summed E-state index contributed by atoms with van der Waals surface area (Å²) in [6, 6.07) is 5.98. The molecule has 0 bridgehead atoms. The van der Waals surface area contributed by atoms with Crippen molar-refractivity contribution >= 4 is 0 Å². The molecule has 0 aliphatic rings. The van der Waals surface area contributed by atoms with Crippen LogP contribution in [0.3, 0.4) is 0 Å². The molecule has 1 rings (SSSR count). The molecule has 1 aromatic rings. The summed E-state index contributed by atoms with van der Waals surface area (Å²) < 4.78 is 39.9. The van der Waals surface area contributed by atoms with Gasteiger partial charge in [0.15, 0.2) is 0 Å². The van der Waals surface area contributed by atoms with Crippen LogP contribution < -0.4 is 10.1 Å². The maximum Gasteiger partial charge on any atom is 0.573 e. The van der Waals surface area contributed by atoms with Crippen LogP contribution in [-0.2, 0) is 6.54 Å². The van der Waals surface area contributed by atoms with E-state index < -0.39 is 6.36 Å². The van der Waals surface area contributed by atoms with Gasteiger partial charge in [-0.2, -0.15) is 0 Å². The SMILES string of the molecule is CCCNCCN(C)Cc1ccc(OC(F)(F)F)cc1. The first-order valence-electron chi connectivity index (χ1n) is 6.64.